The first-order valence-corrected chi connectivity index (χ1v) is 9.23. The molecule has 9 nitrogen and oxygen atoms in total. The molecule has 28 heavy (non-hydrogen) atoms. The van der Waals surface area contributed by atoms with Gasteiger partial charge in [0.25, 0.3) is 11.8 Å². The number of nitrogens with one attached hydrogen (secondary N) is 2. The number of anilines is 1. The first kappa shape index (κ1) is 19.5. The van der Waals surface area contributed by atoms with Gasteiger partial charge >= 0.3 is 5.97 Å². The summed E-state index contributed by atoms with van der Waals surface area (Å²) in [5.74, 6) is -2.71. The molecule has 0 saturated carbocycles. The smallest absolute Gasteiger partial charge is 0.332 e. The predicted molar refractivity (Wildman–Crippen MR) is 97.0 cm³/mol. The molecule has 0 aromatic heterocycles. The normalized spacial score (nSPS) is 18.8. The van der Waals surface area contributed by atoms with Gasteiger partial charge in [0.15, 0.2) is 0 Å². The molecular formula is C19H21N3O6. The number of hydrogen-bond donors (Lipinski definition) is 2. The number of nitrogens with zero attached hydrogens (tertiary/aromatic N) is 1. The van der Waals surface area contributed by atoms with E-state index in [0.717, 1.165) is 24.2 Å². The Hall–Kier alpha value is -3.23. The fourth-order valence-corrected chi connectivity index (χ4v) is 3.22. The fourth-order valence-electron chi connectivity index (χ4n) is 3.22. The molecule has 0 radical (unpaired) electrons. The zero-order valence-electron chi connectivity index (χ0n) is 15.4. The van der Waals surface area contributed by atoms with E-state index in [-0.39, 0.29) is 30.4 Å². The van der Waals surface area contributed by atoms with Crippen molar-refractivity contribution in [1.29, 1.82) is 0 Å². The summed E-state index contributed by atoms with van der Waals surface area (Å²) in [5.41, 5.74) is 3.11. The number of carbonyl (C=O) groups excluding carboxylic acids is 5. The van der Waals surface area contributed by atoms with E-state index >= 15 is 0 Å². The second kappa shape index (κ2) is 8.20. The highest BCUT2D eigenvalue weighted by atomic mass is 16.7. The molecular weight excluding hydrogens is 366 g/mol. The summed E-state index contributed by atoms with van der Waals surface area (Å²) in [4.78, 5) is 66.2. The second-order valence-electron chi connectivity index (χ2n) is 6.74. The van der Waals surface area contributed by atoms with Crippen molar-refractivity contribution in [3.05, 3.63) is 29.3 Å². The Kier molecular flexibility index (Phi) is 5.72. The average Bonchev–Trinajstić information content (AvgIpc) is 2.91. The van der Waals surface area contributed by atoms with Gasteiger partial charge in [-0.1, -0.05) is 19.8 Å². The van der Waals surface area contributed by atoms with Crippen LogP contribution < -0.4 is 10.8 Å². The quantitative estimate of drug-likeness (QED) is 0.413. The third-order valence-corrected chi connectivity index (χ3v) is 4.71. The average molecular weight is 387 g/mol. The summed E-state index contributed by atoms with van der Waals surface area (Å²) in [5, 5.41) is 2.15. The SMILES string of the molecule is CCCCCC(=O)ONc1ccc2c(c1)C(=O)N(C1CCC(=O)NC1=O)C2=O. The van der Waals surface area contributed by atoms with Gasteiger partial charge in [-0.05, 0) is 31.0 Å². The molecule has 9 heteroatoms. The molecule has 3 rings (SSSR count). The number of benzene rings is 1. The molecule has 1 aromatic carbocycles. The molecule has 0 bridgehead atoms. The number of rotatable bonds is 7. The van der Waals surface area contributed by atoms with E-state index in [4.69, 9.17) is 4.84 Å². The molecule has 1 aromatic rings. The molecule has 2 aliphatic heterocycles. The molecule has 1 atom stereocenters. The third kappa shape index (κ3) is 3.88. The van der Waals surface area contributed by atoms with Crippen molar-refractivity contribution in [2.75, 3.05) is 5.48 Å². The van der Waals surface area contributed by atoms with Gasteiger partial charge in [-0.15, -0.1) is 0 Å². The molecule has 4 amide bonds. The Bertz CT molecular complexity index is 850. The van der Waals surface area contributed by atoms with Crippen LogP contribution in [0.4, 0.5) is 5.69 Å². The van der Waals surface area contributed by atoms with E-state index in [1.165, 1.54) is 18.2 Å². The van der Waals surface area contributed by atoms with Crippen LogP contribution in [-0.4, -0.2) is 40.5 Å². The lowest BCUT2D eigenvalue weighted by Gasteiger charge is -2.27. The molecule has 1 fully saturated rings. The van der Waals surface area contributed by atoms with Crippen molar-refractivity contribution >= 4 is 35.3 Å². The van der Waals surface area contributed by atoms with E-state index in [1.54, 1.807) is 0 Å². The topological polar surface area (TPSA) is 122 Å². The van der Waals surface area contributed by atoms with Crippen molar-refractivity contribution in [1.82, 2.24) is 10.2 Å². The molecule has 0 spiro atoms. The minimum Gasteiger partial charge on any atom is -0.343 e. The molecule has 1 unspecified atom stereocenters. The Morgan fingerprint density at radius 1 is 1.18 bits per heavy atom. The number of amides is 4. The molecule has 0 aliphatic carbocycles. The van der Waals surface area contributed by atoms with E-state index in [0.29, 0.717) is 5.69 Å². The lowest BCUT2D eigenvalue weighted by molar-refractivity contribution is -0.141. The summed E-state index contributed by atoms with van der Waals surface area (Å²) in [6.07, 6.45) is 3.09. The largest absolute Gasteiger partial charge is 0.343 e. The summed E-state index contributed by atoms with van der Waals surface area (Å²) >= 11 is 0. The van der Waals surface area contributed by atoms with Crippen molar-refractivity contribution < 1.29 is 28.8 Å². The Balaban J connectivity index is 1.69. The molecule has 1 saturated heterocycles. The van der Waals surface area contributed by atoms with Crippen molar-refractivity contribution in [2.45, 2.75) is 51.5 Å². The predicted octanol–water partition coefficient (Wildman–Crippen LogP) is 1.54. The molecule has 2 heterocycles. The van der Waals surface area contributed by atoms with Gasteiger partial charge in [0, 0.05) is 12.8 Å². The maximum Gasteiger partial charge on any atom is 0.332 e. The van der Waals surface area contributed by atoms with Crippen LogP contribution in [0.1, 0.15) is 66.2 Å². The number of piperidine rings is 1. The number of fused-ring (bicyclic) bond motifs is 1. The first-order valence-electron chi connectivity index (χ1n) is 9.23. The Morgan fingerprint density at radius 2 is 1.93 bits per heavy atom. The lowest BCUT2D eigenvalue weighted by Crippen LogP contribution is -2.54. The van der Waals surface area contributed by atoms with Gasteiger partial charge in [-0.2, -0.15) is 0 Å². The summed E-state index contributed by atoms with van der Waals surface area (Å²) < 4.78 is 0. The Morgan fingerprint density at radius 3 is 2.64 bits per heavy atom. The third-order valence-electron chi connectivity index (χ3n) is 4.71. The first-order chi connectivity index (χ1) is 13.4. The highest BCUT2D eigenvalue weighted by Crippen LogP contribution is 2.29. The summed E-state index contributed by atoms with van der Waals surface area (Å²) in [6, 6.07) is 3.34. The van der Waals surface area contributed by atoms with Crippen LogP contribution in [0.3, 0.4) is 0 Å². The summed E-state index contributed by atoms with van der Waals surface area (Å²) in [6.45, 7) is 2.03. The minimum atomic E-state index is -1.02. The Labute approximate surface area is 161 Å². The van der Waals surface area contributed by atoms with Gasteiger partial charge in [0.05, 0.1) is 16.8 Å². The number of imide groups is 2. The lowest BCUT2D eigenvalue weighted by atomic mass is 10.0. The van der Waals surface area contributed by atoms with Crippen LogP contribution in [0.5, 0.6) is 0 Å². The molecule has 148 valence electrons. The monoisotopic (exact) mass is 387 g/mol. The van der Waals surface area contributed by atoms with Gasteiger partial charge in [-0.25, -0.2) is 10.3 Å². The van der Waals surface area contributed by atoms with Crippen LogP contribution >= 0.6 is 0 Å². The summed E-state index contributed by atoms with van der Waals surface area (Å²) in [7, 11) is 0. The standard InChI is InChI=1S/C19H21N3O6/c1-2-3-4-5-16(24)28-21-11-6-7-12-13(10-11)19(27)22(18(12)26)14-8-9-15(23)20-17(14)25/h6-7,10,14,21H,2-5,8-9H2,1H3,(H,20,23,25). The number of hydrogen-bond acceptors (Lipinski definition) is 7. The van der Waals surface area contributed by atoms with E-state index in [2.05, 4.69) is 10.8 Å². The van der Waals surface area contributed by atoms with Crippen LogP contribution in [-0.2, 0) is 19.2 Å². The number of unbranched alkanes of at least 4 members (excludes halogenated alkanes) is 2. The molecule has 2 aliphatic rings. The van der Waals surface area contributed by atoms with Crippen LogP contribution in [0, 0.1) is 0 Å². The van der Waals surface area contributed by atoms with E-state index in [9.17, 15) is 24.0 Å². The van der Waals surface area contributed by atoms with Gasteiger partial charge in [0.1, 0.15) is 6.04 Å². The van der Waals surface area contributed by atoms with Gasteiger partial charge in [0.2, 0.25) is 11.8 Å². The van der Waals surface area contributed by atoms with Crippen LogP contribution in [0.25, 0.3) is 0 Å². The van der Waals surface area contributed by atoms with Gasteiger partial charge < -0.3 is 4.84 Å². The van der Waals surface area contributed by atoms with Crippen molar-refractivity contribution in [2.24, 2.45) is 0 Å². The minimum absolute atomic E-state index is 0.0601. The molecule has 2 N–H and O–H groups in total. The zero-order chi connectivity index (χ0) is 20.3. The maximum absolute atomic E-state index is 12.7. The fraction of sp³-hybridized carbons (Fsp3) is 0.421. The highest BCUT2D eigenvalue weighted by molar-refractivity contribution is 6.23. The maximum atomic E-state index is 12.7. The van der Waals surface area contributed by atoms with Gasteiger partial charge in [-0.3, -0.25) is 29.4 Å². The zero-order valence-corrected chi connectivity index (χ0v) is 15.4. The highest BCUT2D eigenvalue weighted by Gasteiger charge is 2.44. The number of carbonyl (C=O) groups is 5. The van der Waals surface area contributed by atoms with Crippen molar-refractivity contribution in [3.63, 3.8) is 0 Å². The van der Waals surface area contributed by atoms with Crippen molar-refractivity contribution in [3.8, 4) is 0 Å². The van der Waals surface area contributed by atoms with Crippen LogP contribution in [0.15, 0.2) is 18.2 Å². The van der Waals surface area contributed by atoms with Crippen LogP contribution in [0.2, 0.25) is 0 Å². The van der Waals surface area contributed by atoms with E-state index in [1.807, 2.05) is 6.92 Å². The second-order valence-corrected chi connectivity index (χ2v) is 6.74. The van der Waals surface area contributed by atoms with E-state index < -0.39 is 35.6 Å².